The summed E-state index contributed by atoms with van der Waals surface area (Å²) >= 11 is 1.38. The number of sulfone groups is 1. The molecule has 0 saturated heterocycles. The summed E-state index contributed by atoms with van der Waals surface area (Å²) in [5.41, 5.74) is 0.969. The summed E-state index contributed by atoms with van der Waals surface area (Å²) in [4.78, 5) is 16.5. The third-order valence-corrected chi connectivity index (χ3v) is 6.43. The molecule has 2 aromatic rings. The SMILES string of the molecule is CCC(C)c1csc(NC(=O)NCCCS(=O)(=O)c2ccccc2)n1. The molecule has 2 amide bonds. The number of thiazole rings is 1. The van der Waals surface area contributed by atoms with Crippen LogP contribution in [0.1, 0.15) is 38.3 Å². The lowest BCUT2D eigenvalue weighted by molar-refractivity contribution is 0.252. The number of nitrogens with one attached hydrogen (secondary N) is 2. The molecule has 0 aliphatic carbocycles. The highest BCUT2D eigenvalue weighted by Crippen LogP contribution is 2.23. The molecular formula is C17H23N3O3S2. The predicted molar refractivity (Wildman–Crippen MR) is 101 cm³/mol. The van der Waals surface area contributed by atoms with Crippen molar-refractivity contribution in [2.75, 3.05) is 17.6 Å². The van der Waals surface area contributed by atoms with E-state index in [1.54, 1.807) is 30.3 Å². The van der Waals surface area contributed by atoms with Crippen LogP contribution in [0.5, 0.6) is 0 Å². The molecular weight excluding hydrogens is 358 g/mol. The number of anilines is 1. The summed E-state index contributed by atoms with van der Waals surface area (Å²) < 4.78 is 24.3. The Bertz CT molecular complexity index is 788. The van der Waals surface area contributed by atoms with Gasteiger partial charge in [-0.2, -0.15) is 0 Å². The summed E-state index contributed by atoms with van der Waals surface area (Å²) in [6.07, 6.45) is 1.34. The number of hydrogen-bond donors (Lipinski definition) is 2. The Morgan fingerprint density at radius 2 is 2.00 bits per heavy atom. The van der Waals surface area contributed by atoms with E-state index in [1.165, 1.54) is 11.3 Å². The van der Waals surface area contributed by atoms with Crippen molar-refractivity contribution in [3.05, 3.63) is 41.4 Å². The van der Waals surface area contributed by atoms with Gasteiger partial charge in [-0.05, 0) is 30.9 Å². The zero-order chi connectivity index (χ0) is 18.3. The van der Waals surface area contributed by atoms with Gasteiger partial charge in [0.05, 0.1) is 16.3 Å². The monoisotopic (exact) mass is 381 g/mol. The smallest absolute Gasteiger partial charge is 0.321 e. The van der Waals surface area contributed by atoms with E-state index in [4.69, 9.17) is 0 Å². The lowest BCUT2D eigenvalue weighted by Crippen LogP contribution is -2.30. The molecule has 1 aromatic carbocycles. The van der Waals surface area contributed by atoms with Gasteiger partial charge in [0.1, 0.15) is 0 Å². The molecule has 25 heavy (non-hydrogen) atoms. The normalized spacial score (nSPS) is 12.6. The molecule has 8 heteroatoms. The minimum absolute atomic E-state index is 0.00723. The van der Waals surface area contributed by atoms with Crippen LogP contribution in [0.3, 0.4) is 0 Å². The summed E-state index contributed by atoms with van der Waals surface area (Å²) in [6, 6.07) is 7.94. The minimum Gasteiger partial charge on any atom is -0.338 e. The van der Waals surface area contributed by atoms with Gasteiger partial charge in [0.2, 0.25) is 0 Å². The molecule has 1 atom stereocenters. The Morgan fingerprint density at radius 3 is 2.68 bits per heavy atom. The van der Waals surface area contributed by atoms with E-state index in [9.17, 15) is 13.2 Å². The minimum atomic E-state index is -3.31. The van der Waals surface area contributed by atoms with Crippen molar-refractivity contribution in [2.45, 2.75) is 37.5 Å². The van der Waals surface area contributed by atoms with Crippen molar-refractivity contribution in [3.63, 3.8) is 0 Å². The van der Waals surface area contributed by atoms with Gasteiger partial charge in [0.15, 0.2) is 15.0 Å². The number of hydrogen-bond acceptors (Lipinski definition) is 5. The zero-order valence-corrected chi connectivity index (χ0v) is 16.0. The maximum Gasteiger partial charge on any atom is 0.321 e. The van der Waals surface area contributed by atoms with Gasteiger partial charge in [-0.15, -0.1) is 11.3 Å². The van der Waals surface area contributed by atoms with Crippen molar-refractivity contribution < 1.29 is 13.2 Å². The largest absolute Gasteiger partial charge is 0.338 e. The maximum atomic E-state index is 12.1. The van der Waals surface area contributed by atoms with Crippen LogP contribution < -0.4 is 10.6 Å². The molecule has 2 N–H and O–H groups in total. The molecule has 0 aliphatic rings. The number of amides is 2. The number of benzene rings is 1. The van der Waals surface area contributed by atoms with Crippen LogP contribution in [-0.4, -0.2) is 31.7 Å². The van der Waals surface area contributed by atoms with Gasteiger partial charge >= 0.3 is 6.03 Å². The average molecular weight is 382 g/mol. The second kappa shape index (κ2) is 8.96. The van der Waals surface area contributed by atoms with Gasteiger partial charge in [-0.1, -0.05) is 32.0 Å². The van der Waals surface area contributed by atoms with Crippen LogP contribution in [0.15, 0.2) is 40.6 Å². The standard InChI is InChI=1S/C17H23N3O3S2/c1-3-13(2)15-12-24-17(19-15)20-16(21)18-10-7-11-25(22,23)14-8-5-4-6-9-14/h4-6,8-9,12-13H,3,7,10-11H2,1-2H3,(H2,18,19,20,21). The van der Waals surface area contributed by atoms with E-state index >= 15 is 0 Å². The summed E-state index contributed by atoms with van der Waals surface area (Å²) in [5, 5.41) is 7.83. The Kier molecular flexibility index (Phi) is 6.95. The van der Waals surface area contributed by atoms with Crippen LogP contribution in [0.25, 0.3) is 0 Å². The first-order valence-corrected chi connectivity index (χ1v) is 10.7. The van der Waals surface area contributed by atoms with Crippen LogP contribution in [0.2, 0.25) is 0 Å². The van der Waals surface area contributed by atoms with Gasteiger partial charge in [-0.25, -0.2) is 18.2 Å². The number of nitrogens with zero attached hydrogens (tertiary/aromatic N) is 1. The summed E-state index contributed by atoms with van der Waals surface area (Å²) in [6.45, 7) is 4.46. The number of rotatable bonds is 8. The van der Waals surface area contributed by atoms with Crippen molar-refractivity contribution in [2.24, 2.45) is 0 Å². The molecule has 1 unspecified atom stereocenters. The Balaban J connectivity index is 1.75. The van der Waals surface area contributed by atoms with Crippen molar-refractivity contribution in [1.29, 1.82) is 0 Å². The number of carbonyl (C=O) groups excluding carboxylic acids is 1. The zero-order valence-electron chi connectivity index (χ0n) is 14.4. The van der Waals surface area contributed by atoms with E-state index in [-0.39, 0.29) is 18.3 Å². The molecule has 6 nitrogen and oxygen atoms in total. The van der Waals surface area contributed by atoms with E-state index in [1.807, 2.05) is 5.38 Å². The van der Waals surface area contributed by atoms with Gasteiger partial charge < -0.3 is 5.32 Å². The highest BCUT2D eigenvalue weighted by atomic mass is 32.2. The predicted octanol–water partition coefficient (Wildman–Crippen LogP) is 3.64. The quantitative estimate of drug-likeness (QED) is 0.683. The first-order chi connectivity index (χ1) is 11.9. The van der Waals surface area contributed by atoms with Gasteiger partial charge in [-0.3, -0.25) is 5.32 Å². The Hall–Kier alpha value is -1.93. The third-order valence-electron chi connectivity index (χ3n) is 3.84. The molecule has 0 spiro atoms. The van der Waals surface area contributed by atoms with Crippen LogP contribution in [-0.2, 0) is 9.84 Å². The van der Waals surface area contributed by atoms with Crippen molar-refractivity contribution in [3.8, 4) is 0 Å². The van der Waals surface area contributed by atoms with Crippen molar-refractivity contribution in [1.82, 2.24) is 10.3 Å². The van der Waals surface area contributed by atoms with Gasteiger partial charge in [0, 0.05) is 11.9 Å². The third kappa shape index (κ3) is 5.82. The van der Waals surface area contributed by atoms with E-state index < -0.39 is 9.84 Å². The second-order valence-corrected chi connectivity index (χ2v) is 8.72. The molecule has 0 fully saturated rings. The van der Waals surface area contributed by atoms with E-state index in [2.05, 4.69) is 29.5 Å². The lowest BCUT2D eigenvalue weighted by atomic mass is 10.1. The summed E-state index contributed by atoms with van der Waals surface area (Å²) in [7, 11) is -3.31. The van der Waals surface area contributed by atoms with Crippen LogP contribution in [0, 0.1) is 0 Å². The highest BCUT2D eigenvalue weighted by molar-refractivity contribution is 7.91. The first-order valence-electron chi connectivity index (χ1n) is 8.20. The summed E-state index contributed by atoms with van der Waals surface area (Å²) in [5.74, 6) is 0.352. The highest BCUT2D eigenvalue weighted by Gasteiger charge is 2.14. The van der Waals surface area contributed by atoms with Gasteiger partial charge in [0.25, 0.3) is 0 Å². The van der Waals surface area contributed by atoms with Crippen LogP contribution >= 0.6 is 11.3 Å². The lowest BCUT2D eigenvalue weighted by Gasteiger charge is -2.07. The average Bonchev–Trinajstić information content (AvgIpc) is 3.07. The molecule has 1 aromatic heterocycles. The molecule has 136 valence electrons. The first kappa shape index (κ1) is 19.4. The second-order valence-electron chi connectivity index (χ2n) is 5.75. The number of urea groups is 1. The fraction of sp³-hybridized carbons (Fsp3) is 0.412. The Morgan fingerprint density at radius 1 is 1.28 bits per heavy atom. The van der Waals surface area contributed by atoms with Crippen molar-refractivity contribution >= 4 is 32.3 Å². The van der Waals surface area contributed by atoms with E-state index in [0.717, 1.165) is 12.1 Å². The molecule has 2 rings (SSSR count). The molecule has 0 aliphatic heterocycles. The van der Waals surface area contributed by atoms with E-state index in [0.29, 0.717) is 22.4 Å². The fourth-order valence-corrected chi connectivity index (χ4v) is 4.29. The topological polar surface area (TPSA) is 88.2 Å². The molecule has 1 heterocycles. The maximum absolute atomic E-state index is 12.1. The molecule has 0 bridgehead atoms. The fourth-order valence-electron chi connectivity index (χ4n) is 2.13. The Labute approximate surface area is 152 Å². The molecule has 0 radical (unpaired) electrons. The number of aromatic nitrogens is 1. The molecule has 0 saturated carbocycles. The van der Waals surface area contributed by atoms with Crippen LogP contribution in [0.4, 0.5) is 9.93 Å². The number of carbonyl (C=O) groups is 1.